The van der Waals surface area contributed by atoms with Crippen LogP contribution in [0.2, 0.25) is 0 Å². The number of hydrogen-bond acceptors (Lipinski definition) is 3. The molecule has 0 aromatic heterocycles. The molecule has 0 radical (unpaired) electrons. The fourth-order valence-electron chi connectivity index (χ4n) is 0.969. The first kappa shape index (κ1) is 16.7. The molecule has 0 aliphatic carbocycles. The van der Waals surface area contributed by atoms with Crippen molar-refractivity contribution in [3.8, 4) is 0 Å². The van der Waals surface area contributed by atoms with Crippen LogP contribution in [0.1, 0.15) is 17.3 Å². The van der Waals surface area contributed by atoms with Crippen molar-refractivity contribution in [3.63, 3.8) is 0 Å². The Morgan fingerprint density at radius 1 is 1.21 bits per heavy atom. The van der Waals surface area contributed by atoms with Crippen LogP contribution >= 0.6 is 0 Å². The molecule has 1 aromatic rings. The van der Waals surface area contributed by atoms with E-state index >= 15 is 0 Å². The van der Waals surface area contributed by atoms with E-state index in [1.165, 1.54) is 0 Å². The lowest BCUT2D eigenvalue weighted by Crippen LogP contribution is -2.18. The minimum Gasteiger partial charge on any atom is -0.365 e. The Balaban J connectivity index is 0.000000982. The average molecular weight is 279 g/mol. The van der Waals surface area contributed by atoms with Crippen LogP contribution in [0.4, 0.5) is 23.2 Å². The van der Waals surface area contributed by atoms with E-state index in [-0.39, 0.29) is 0 Å². The van der Waals surface area contributed by atoms with E-state index < -0.39 is 40.4 Å². The quantitative estimate of drug-likeness (QED) is 0.284. The zero-order valence-corrected chi connectivity index (χ0v) is 9.62. The van der Waals surface area contributed by atoms with E-state index in [0.29, 0.717) is 0 Å². The van der Waals surface area contributed by atoms with Crippen LogP contribution in [-0.2, 0) is 0 Å². The van der Waals surface area contributed by atoms with E-state index in [1.807, 2.05) is 11.8 Å². The summed E-state index contributed by atoms with van der Waals surface area (Å²) in [7, 11) is 0. The number of azide groups is 1. The highest BCUT2D eigenvalue weighted by Crippen LogP contribution is 2.30. The van der Waals surface area contributed by atoms with Gasteiger partial charge in [-0.25, -0.2) is 17.6 Å². The number of halogens is 4. The average Bonchev–Trinajstić information content (AvgIpc) is 2.33. The monoisotopic (exact) mass is 279 g/mol. The van der Waals surface area contributed by atoms with E-state index in [9.17, 15) is 22.4 Å². The molecule has 0 unspecified atom stereocenters. The smallest absolute Gasteiger partial charge is 0.254 e. The van der Waals surface area contributed by atoms with E-state index in [4.69, 9.17) is 11.3 Å². The van der Waals surface area contributed by atoms with Gasteiger partial charge in [0.2, 0.25) is 0 Å². The maximum Gasteiger partial charge on any atom is 0.254 e. The summed E-state index contributed by atoms with van der Waals surface area (Å²) in [5, 5.41) is 2.43. The van der Waals surface area contributed by atoms with Gasteiger partial charge in [-0.05, 0) is 12.1 Å². The maximum absolute atomic E-state index is 13.0. The van der Waals surface area contributed by atoms with Crippen molar-refractivity contribution < 1.29 is 22.4 Å². The van der Waals surface area contributed by atoms with Crippen molar-refractivity contribution in [2.24, 2.45) is 16.6 Å². The number of nitrogens with zero attached hydrogens (tertiary/aromatic N) is 3. The summed E-state index contributed by atoms with van der Waals surface area (Å²) in [5.41, 5.74) is 14.2. The number of amides is 1. The molecule has 0 saturated heterocycles. The van der Waals surface area contributed by atoms with Crippen LogP contribution < -0.4 is 11.5 Å². The Kier molecular flexibility index (Phi) is 6.31. The van der Waals surface area contributed by atoms with Crippen LogP contribution in [0.3, 0.4) is 0 Å². The second-order valence-electron chi connectivity index (χ2n) is 2.94. The van der Waals surface area contributed by atoms with Gasteiger partial charge in [0.15, 0.2) is 23.3 Å². The summed E-state index contributed by atoms with van der Waals surface area (Å²) < 4.78 is 52.0. The third-order valence-corrected chi connectivity index (χ3v) is 1.63. The topological polar surface area (TPSA) is 118 Å². The maximum atomic E-state index is 13.0. The number of benzene rings is 1. The van der Waals surface area contributed by atoms with Crippen molar-refractivity contribution in [1.29, 1.82) is 0 Å². The molecule has 0 spiro atoms. The van der Waals surface area contributed by atoms with Gasteiger partial charge in [0.25, 0.3) is 5.91 Å². The van der Waals surface area contributed by atoms with Crippen LogP contribution in [0.5, 0.6) is 0 Å². The van der Waals surface area contributed by atoms with Crippen LogP contribution in [0.25, 0.3) is 10.4 Å². The van der Waals surface area contributed by atoms with Crippen LogP contribution in [0.15, 0.2) is 5.11 Å². The molecule has 0 heterocycles. The first-order chi connectivity index (χ1) is 8.83. The van der Waals surface area contributed by atoms with Gasteiger partial charge in [-0.1, -0.05) is 12.0 Å². The zero-order valence-electron chi connectivity index (χ0n) is 9.62. The highest BCUT2D eigenvalue weighted by atomic mass is 19.2. The molecule has 1 rings (SSSR count). The van der Waals surface area contributed by atoms with Gasteiger partial charge in [0, 0.05) is 4.91 Å². The van der Waals surface area contributed by atoms with Gasteiger partial charge in [0.1, 0.15) is 11.3 Å². The minimum atomic E-state index is -2.01. The summed E-state index contributed by atoms with van der Waals surface area (Å²) in [6, 6.07) is 0. The molecular formula is C9H9F4N5O. The van der Waals surface area contributed by atoms with Crippen molar-refractivity contribution in [3.05, 3.63) is 39.3 Å². The lowest BCUT2D eigenvalue weighted by Gasteiger charge is -2.05. The van der Waals surface area contributed by atoms with Gasteiger partial charge in [-0.15, -0.1) is 0 Å². The van der Waals surface area contributed by atoms with Crippen molar-refractivity contribution in [1.82, 2.24) is 0 Å². The summed E-state index contributed by atoms with van der Waals surface area (Å²) in [5.74, 6) is -9.65. The molecule has 0 atom stereocenters. The van der Waals surface area contributed by atoms with Gasteiger partial charge in [0.05, 0.1) is 0 Å². The number of hydrogen-bond donors (Lipinski definition) is 2. The van der Waals surface area contributed by atoms with Gasteiger partial charge in [-0.3, -0.25) is 4.79 Å². The van der Waals surface area contributed by atoms with Gasteiger partial charge < -0.3 is 11.5 Å². The van der Waals surface area contributed by atoms with Crippen LogP contribution in [-0.4, -0.2) is 12.5 Å². The Hall–Kier alpha value is -2.32. The minimum absolute atomic E-state index is 0.750. The Labute approximate surface area is 104 Å². The Morgan fingerprint density at radius 3 is 1.84 bits per heavy atom. The zero-order chi connectivity index (χ0) is 15.2. The lowest BCUT2D eigenvalue weighted by molar-refractivity contribution is 0.0990. The van der Waals surface area contributed by atoms with E-state index in [2.05, 4.69) is 10.8 Å². The van der Waals surface area contributed by atoms with Crippen molar-refractivity contribution in [2.45, 2.75) is 6.92 Å². The highest BCUT2D eigenvalue weighted by Gasteiger charge is 2.27. The lowest BCUT2D eigenvalue weighted by atomic mass is 10.1. The van der Waals surface area contributed by atoms with Crippen molar-refractivity contribution >= 4 is 11.6 Å². The summed E-state index contributed by atoms with van der Waals surface area (Å²) in [6.07, 6.45) is 0. The third kappa shape index (κ3) is 3.57. The molecule has 19 heavy (non-hydrogen) atoms. The predicted molar refractivity (Wildman–Crippen MR) is 58.3 cm³/mol. The molecular weight excluding hydrogens is 270 g/mol. The summed E-state index contributed by atoms with van der Waals surface area (Å²) in [6.45, 7) is 2.65. The molecule has 6 nitrogen and oxygen atoms in total. The number of carbonyl (C=O) groups excluding carboxylic acids is 1. The van der Waals surface area contributed by atoms with E-state index in [0.717, 1.165) is 6.54 Å². The molecule has 1 aromatic carbocycles. The molecule has 1 amide bonds. The molecule has 0 saturated carbocycles. The SMILES string of the molecule is CCN.[N-]=[N+]=Nc1c(F)c(F)c(C(N)=O)c(F)c1F. The third-order valence-electron chi connectivity index (χ3n) is 1.63. The van der Waals surface area contributed by atoms with Gasteiger partial charge in [-0.2, -0.15) is 0 Å². The Morgan fingerprint density at radius 2 is 1.58 bits per heavy atom. The normalized spacial score (nSPS) is 9.16. The number of carbonyl (C=O) groups is 1. The first-order valence-electron chi connectivity index (χ1n) is 4.74. The predicted octanol–water partition coefficient (Wildman–Crippen LogP) is 2.25. The number of primary amides is 1. The molecule has 0 bridgehead atoms. The van der Waals surface area contributed by atoms with E-state index in [1.54, 1.807) is 0 Å². The summed E-state index contributed by atoms with van der Waals surface area (Å²) in [4.78, 5) is 12.5. The number of nitrogens with two attached hydrogens (primary N) is 2. The standard InChI is InChI=1S/C7H2F4N4O.C2H7N/c8-2-1(7(12)16)3(9)5(11)6(4(2)10)14-15-13;1-2-3/h(H2,12,16);2-3H2,1H3. The first-order valence-corrected chi connectivity index (χ1v) is 4.74. The number of rotatable bonds is 2. The fourth-order valence-corrected chi connectivity index (χ4v) is 0.969. The van der Waals surface area contributed by atoms with Gasteiger partial charge >= 0.3 is 0 Å². The highest BCUT2D eigenvalue weighted by molar-refractivity contribution is 5.93. The molecule has 4 N–H and O–H groups in total. The second-order valence-corrected chi connectivity index (χ2v) is 2.94. The molecule has 104 valence electrons. The second kappa shape index (κ2) is 7.19. The molecule has 10 heteroatoms. The van der Waals surface area contributed by atoms with Crippen LogP contribution in [0, 0.1) is 23.3 Å². The largest absolute Gasteiger partial charge is 0.365 e. The molecule has 0 aliphatic heterocycles. The Bertz CT molecular complexity index is 480. The fraction of sp³-hybridized carbons (Fsp3) is 0.222. The summed E-state index contributed by atoms with van der Waals surface area (Å²) >= 11 is 0. The molecule has 0 aliphatic rings. The van der Waals surface area contributed by atoms with Crippen molar-refractivity contribution in [2.75, 3.05) is 6.54 Å². The molecule has 0 fully saturated rings.